The van der Waals surface area contributed by atoms with E-state index in [4.69, 9.17) is 5.11 Å². The number of carboxylic acid groups (broad SMARTS) is 1. The first-order valence-electron chi connectivity index (χ1n) is 5.14. The largest absolute Gasteiger partial charge is 0.479 e. The predicted octanol–water partition coefficient (Wildman–Crippen LogP) is 1.55. The topological polar surface area (TPSA) is 73.3 Å². The van der Waals surface area contributed by atoms with Crippen LogP contribution >= 0.6 is 0 Å². The molecule has 0 radical (unpaired) electrons. The molecule has 1 atom stereocenters. The number of benzene rings is 1. The van der Waals surface area contributed by atoms with E-state index in [2.05, 4.69) is 4.98 Å². The van der Waals surface area contributed by atoms with Crippen molar-refractivity contribution in [1.29, 1.82) is 0 Å². The molecule has 0 fully saturated rings. The van der Waals surface area contributed by atoms with Crippen molar-refractivity contribution in [3.8, 4) is 0 Å². The van der Waals surface area contributed by atoms with Gasteiger partial charge < -0.3 is 15.2 Å². The lowest BCUT2D eigenvalue weighted by molar-refractivity contribution is -0.146. The van der Waals surface area contributed by atoms with Crippen LogP contribution in [0, 0.1) is 0 Å². The maximum absolute atomic E-state index is 10.5. The monoisotopic (exact) mass is 219 g/mol. The van der Waals surface area contributed by atoms with Gasteiger partial charge in [-0.2, -0.15) is 0 Å². The molecule has 0 saturated heterocycles. The number of rotatable bonds is 4. The van der Waals surface area contributed by atoms with Crippen LogP contribution in [0.1, 0.15) is 12.0 Å². The van der Waals surface area contributed by atoms with Gasteiger partial charge in [-0.1, -0.05) is 18.2 Å². The molecule has 0 spiro atoms. The van der Waals surface area contributed by atoms with Crippen LogP contribution in [-0.4, -0.2) is 27.3 Å². The molecule has 4 nitrogen and oxygen atoms in total. The van der Waals surface area contributed by atoms with Crippen molar-refractivity contribution in [1.82, 2.24) is 4.98 Å². The Morgan fingerprint density at radius 3 is 2.88 bits per heavy atom. The molecule has 16 heavy (non-hydrogen) atoms. The van der Waals surface area contributed by atoms with Gasteiger partial charge in [-0.05, 0) is 24.5 Å². The van der Waals surface area contributed by atoms with E-state index in [-0.39, 0.29) is 6.42 Å². The molecule has 1 aromatic carbocycles. The summed E-state index contributed by atoms with van der Waals surface area (Å²) in [4.78, 5) is 13.6. The van der Waals surface area contributed by atoms with Gasteiger partial charge in [0, 0.05) is 17.1 Å². The molecule has 0 amide bonds. The van der Waals surface area contributed by atoms with Crippen LogP contribution in [0.15, 0.2) is 30.5 Å². The summed E-state index contributed by atoms with van der Waals surface area (Å²) in [5.74, 6) is -1.17. The number of carbonyl (C=O) groups is 1. The summed E-state index contributed by atoms with van der Waals surface area (Å²) < 4.78 is 0. The normalized spacial score (nSPS) is 12.8. The van der Waals surface area contributed by atoms with Crippen LogP contribution in [0.4, 0.5) is 0 Å². The van der Waals surface area contributed by atoms with Crippen LogP contribution < -0.4 is 0 Å². The van der Waals surface area contributed by atoms with E-state index in [1.807, 2.05) is 30.5 Å². The highest BCUT2D eigenvalue weighted by atomic mass is 16.4. The number of carboxylic acids is 1. The number of aromatic nitrogens is 1. The Labute approximate surface area is 92.5 Å². The van der Waals surface area contributed by atoms with Crippen molar-refractivity contribution in [2.45, 2.75) is 18.9 Å². The number of fused-ring (bicyclic) bond motifs is 1. The van der Waals surface area contributed by atoms with E-state index in [0.717, 1.165) is 16.5 Å². The summed E-state index contributed by atoms with van der Waals surface area (Å²) in [6.07, 6.45) is 1.36. The smallest absolute Gasteiger partial charge is 0.332 e. The van der Waals surface area contributed by atoms with Crippen molar-refractivity contribution in [2.75, 3.05) is 0 Å². The number of para-hydroxylation sites is 1. The third kappa shape index (κ3) is 2.06. The van der Waals surface area contributed by atoms with E-state index in [0.29, 0.717) is 6.42 Å². The minimum Gasteiger partial charge on any atom is -0.479 e. The fourth-order valence-corrected chi connectivity index (χ4v) is 1.75. The lowest BCUT2D eigenvalue weighted by atomic mass is 10.1. The van der Waals surface area contributed by atoms with Crippen LogP contribution in [0.3, 0.4) is 0 Å². The highest BCUT2D eigenvalue weighted by molar-refractivity contribution is 5.83. The molecule has 1 heterocycles. The average Bonchev–Trinajstić information content (AvgIpc) is 2.69. The number of aromatic amines is 1. The molecule has 2 aromatic rings. The van der Waals surface area contributed by atoms with E-state index < -0.39 is 12.1 Å². The fourth-order valence-electron chi connectivity index (χ4n) is 1.75. The molecule has 0 saturated carbocycles. The Morgan fingerprint density at radius 2 is 2.12 bits per heavy atom. The van der Waals surface area contributed by atoms with Gasteiger partial charge in [0.2, 0.25) is 0 Å². The summed E-state index contributed by atoms with van der Waals surface area (Å²) in [7, 11) is 0. The first-order chi connectivity index (χ1) is 7.68. The minimum atomic E-state index is -1.28. The molecular weight excluding hydrogens is 206 g/mol. The van der Waals surface area contributed by atoms with Crippen LogP contribution in [0.2, 0.25) is 0 Å². The van der Waals surface area contributed by atoms with E-state index in [1.165, 1.54) is 0 Å². The third-order valence-electron chi connectivity index (χ3n) is 2.65. The first kappa shape index (κ1) is 10.7. The van der Waals surface area contributed by atoms with E-state index in [9.17, 15) is 9.90 Å². The van der Waals surface area contributed by atoms with Crippen molar-refractivity contribution >= 4 is 16.9 Å². The molecule has 1 unspecified atom stereocenters. The van der Waals surface area contributed by atoms with Crippen molar-refractivity contribution in [3.05, 3.63) is 36.0 Å². The second-order valence-electron chi connectivity index (χ2n) is 3.75. The Kier molecular flexibility index (Phi) is 2.92. The number of H-pyrrole nitrogens is 1. The lowest BCUT2D eigenvalue weighted by Gasteiger charge is -2.03. The summed E-state index contributed by atoms with van der Waals surface area (Å²) in [6, 6.07) is 7.82. The number of aliphatic carboxylic acids is 1. The lowest BCUT2D eigenvalue weighted by Crippen LogP contribution is -2.19. The molecule has 0 aliphatic heterocycles. The Morgan fingerprint density at radius 1 is 1.38 bits per heavy atom. The van der Waals surface area contributed by atoms with E-state index >= 15 is 0 Å². The summed E-state index contributed by atoms with van der Waals surface area (Å²) >= 11 is 0. The van der Waals surface area contributed by atoms with E-state index in [1.54, 1.807) is 0 Å². The molecule has 0 aliphatic rings. The zero-order valence-electron chi connectivity index (χ0n) is 8.68. The maximum atomic E-state index is 10.5. The Bertz CT molecular complexity index is 504. The molecule has 4 heteroatoms. The molecule has 0 aliphatic carbocycles. The standard InChI is InChI=1S/C12H13NO3/c14-11(12(15)16)6-5-8-7-13-10-4-2-1-3-9(8)10/h1-4,7,11,13-14H,5-6H2,(H,15,16). The van der Waals surface area contributed by atoms with Gasteiger partial charge in [-0.3, -0.25) is 0 Å². The summed E-state index contributed by atoms with van der Waals surface area (Å²) in [5, 5.41) is 18.8. The van der Waals surface area contributed by atoms with Crippen molar-refractivity contribution < 1.29 is 15.0 Å². The third-order valence-corrected chi connectivity index (χ3v) is 2.65. The quantitative estimate of drug-likeness (QED) is 0.730. The first-order valence-corrected chi connectivity index (χ1v) is 5.14. The zero-order valence-corrected chi connectivity index (χ0v) is 8.68. The van der Waals surface area contributed by atoms with Gasteiger partial charge >= 0.3 is 5.97 Å². The number of aliphatic hydroxyl groups is 1. The van der Waals surface area contributed by atoms with Gasteiger partial charge in [0.25, 0.3) is 0 Å². The number of hydrogen-bond donors (Lipinski definition) is 3. The molecular formula is C12H13NO3. The van der Waals surface area contributed by atoms with Gasteiger partial charge in [0.1, 0.15) is 0 Å². The number of aliphatic hydroxyl groups excluding tert-OH is 1. The molecule has 1 aromatic heterocycles. The highest BCUT2D eigenvalue weighted by Gasteiger charge is 2.13. The minimum absolute atomic E-state index is 0.233. The number of aryl methyl sites for hydroxylation is 1. The number of nitrogens with one attached hydrogen (secondary N) is 1. The van der Waals surface area contributed by atoms with Gasteiger partial charge in [0.05, 0.1) is 0 Å². The molecule has 0 bridgehead atoms. The zero-order chi connectivity index (χ0) is 11.5. The second kappa shape index (κ2) is 4.37. The van der Waals surface area contributed by atoms with Gasteiger partial charge in [-0.25, -0.2) is 4.79 Å². The van der Waals surface area contributed by atoms with Gasteiger partial charge in [-0.15, -0.1) is 0 Å². The maximum Gasteiger partial charge on any atom is 0.332 e. The SMILES string of the molecule is O=C(O)C(O)CCc1c[nH]c2ccccc12. The van der Waals surface area contributed by atoms with Crippen LogP contribution in [-0.2, 0) is 11.2 Å². The second-order valence-corrected chi connectivity index (χ2v) is 3.75. The predicted molar refractivity (Wildman–Crippen MR) is 60.3 cm³/mol. The Balaban J connectivity index is 2.13. The Hall–Kier alpha value is -1.81. The average molecular weight is 219 g/mol. The summed E-state index contributed by atoms with van der Waals surface area (Å²) in [6.45, 7) is 0. The van der Waals surface area contributed by atoms with Gasteiger partial charge in [0.15, 0.2) is 6.10 Å². The molecule has 3 N–H and O–H groups in total. The van der Waals surface area contributed by atoms with Crippen molar-refractivity contribution in [2.24, 2.45) is 0 Å². The fraction of sp³-hybridized carbons (Fsp3) is 0.250. The molecule has 84 valence electrons. The highest BCUT2D eigenvalue weighted by Crippen LogP contribution is 2.19. The van der Waals surface area contributed by atoms with Crippen LogP contribution in [0.5, 0.6) is 0 Å². The number of hydrogen-bond acceptors (Lipinski definition) is 2. The molecule has 2 rings (SSSR count). The van der Waals surface area contributed by atoms with Crippen LogP contribution in [0.25, 0.3) is 10.9 Å². The summed E-state index contributed by atoms with van der Waals surface area (Å²) in [5.41, 5.74) is 2.07. The van der Waals surface area contributed by atoms with Crippen molar-refractivity contribution in [3.63, 3.8) is 0 Å².